The van der Waals surface area contributed by atoms with Crippen LogP contribution in [-0.4, -0.2) is 30.6 Å². The van der Waals surface area contributed by atoms with E-state index in [2.05, 4.69) is 18.5 Å². The van der Waals surface area contributed by atoms with Gasteiger partial charge >= 0.3 is 5.69 Å². The number of ketones is 1. The Morgan fingerprint density at radius 1 is 1.32 bits per heavy atom. The highest BCUT2D eigenvalue weighted by atomic mass is 32.2. The monoisotopic (exact) mass is 499 g/mol. The first-order valence-electron chi connectivity index (χ1n) is 11.3. The molecule has 0 spiro atoms. The van der Waals surface area contributed by atoms with Crippen LogP contribution in [-0.2, 0) is 19.4 Å². The molecule has 34 heavy (non-hydrogen) atoms. The molecule has 0 aliphatic heterocycles. The second kappa shape index (κ2) is 8.70. The maximum atomic E-state index is 13.4. The fourth-order valence-corrected chi connectivity index (χ4v) is 6.84. The molecule has 0 radical (unpaired) electrons. The number of thioether (sulfide) groups is 1. The Balaban J connectivity index is 1.50. The standard InChI is InChI=1S/C23H25N5O4S2/c1-3-8-27-21(31)16-13-7-4-11(2)9-15(13)34-20(16)26-23(27)33-10-14(29)17-18(24)28(12-5-6-12)22(32)25-19(17)30/h3,11-12H,1,4-10,24H2,2H3,(H,25,30,32). The molecule has 3 aromatic rings. The first kappa shape index (κ1) is 22.9. The number of H-pyrrole nitrogens is 1. The molecule has 11 heteroatoms. The zero-order valence-electron chi connectivity index (χ0n) is 18.8. The number of hydrogen-bond donors (Lipinski definition) is 2. The van der Waals surface area contributed by atoms with E-state index in [0.29, 0.717) is 21.3 Å². The van der Waals surface area contributed by atoms with E-state index in [9.17, 15) is 19.2 Å². The second-order valence-electron chi connectivity index (χ2n) is 8.96. The summed E-state index contributed by atoms with van der Waals surface area (Å²) < 4.78 is 2.81. The van der Waals surface area contributed by atoms with Crippen LogP contribution in [0.3, 0.4) is 0 Å². The average molecular weight is 500 g/mol. The van der Waals surface area contributed by atoms with E-state index in [0.717, 1.165) is 49.4 Å². The highest BCUT2D eigenvalue weighted by Gasteiger charge is 2.30. The molecule has 2 aliphatic rings. The van der Waals surface area contributed by atoms with Crippen molar-refractivity contribution in [1.82, 2.24) is 19.1 Å². The van der Waals surface area contributed by atoms with Gasteiger partial charge in [-0.3, -0.25) is 28.5 Å². The molecule has 9 nitrogen and oxygen atoms in total. The number of aryl methyl sites for hydroxylation is 1. The summed E-state index contributed by atoms with van der Waals surface area (Å²) in [6, 6.07) is -0.0852. The smallest absolute Gasteiger partial charge is 0.330 e. The molecule has 1 atom stereocenters. The number of fused-ring (bicyclic) bond motifs is 3. The van der Waals surface area contributed by atoms with Gasteiger partial charge in [-0.1, -0.05) is 24.8 Å². The highest BCUT2D eigenvalue weighted by molar-refractivity contribution is 7.99. The van der Waals surface area contributed by atoms with Crippen LogP contribution in [0.4, 0.5) is 5.82 Å². The van der Waals surface area contributed by atoms with Gasteiger partial charge in [0.1, 0.15) is 16.2 Å². The number of anilines is 1. The Bertz CT molecular complexity index is 1510. The topological polar surface area (TPSA) is 133 Å². The summed E-state index contributed by atoms with van der Waals surface area (Å²) in [7, 11) is 0. The van der Waals surface area contributed by atoms with E-state index < -0.39 is 17.0 Å². The van der Waals surface area contributed by atoms with E-state index in [1.807, 2.05) is 0 Å². The van der Waals surface area contributed by atoms with Gasteiger partial charge in [-0.15, -0.1) is 17.9 Å². The van der Waals surface area contributed by atoms with Crippen LogP contribution in [0, 0.1) is 5.92 Å². The van der Waals surface area contributed by atoms with Crippen molar-refractivity contribution >= 4 is 44.9 Å². The molecule has 3 heterocycles. The maximum absolute atomic E-state index is 13.4. The zero-order valence-corrected chi connectivity index (χ0v) is 20.4. The van der Waals surface area contributed by atoms with Crippen molar-refractivity contribution in [3.63, 3.8) is 0 Å². The predicted octanol–water partition coefficient (Wildman–Crippen LogP) is 2.51. The number of Topliss-reactive ketones (excluding diaryl/α,β-unsaturated/α-hetero) is 1. The van der Waals surface area contributed by atoms with Gasteiger partial charge in [0, 0.05) is 17.5 Å². The van der Waals surface area contributed by atoms with Gasteiger partial charge in [0.15, 0.2) is 10.9 Å². The molecule has 3 N–H and O–H groups in total. The fraction of sp³-hybridized carbons (Fsp3) is 0.435. The van der Waals surface area contributed by atoms with Crippen molar-refractivity contribution in [1.29, 1.82) is 0 Å². The molecule has 0 bridgehead atoms. The SMILES string of the molecule is C=CCn1c(SCC(=O)c2c(N)n(C3CC3)c(=O)[nH]c2=O)nc2sc3c(c2c1=O)CCC(C)C3. The number of carbonyl (C=O) groups excluding carboxylic acids is 1. The molecule has 1 unspecified atom stereocenters. The Morgan fingerprint density at radius 2 is 2.09 bits per heavy atom. The largest absolute Gasteiger partial charge is 0.384 e. The van der Waals surface area contributed by atoms with Crippen molar-refractivity contribution in [3.05, 3.63) is 59.9 Å². The van der Waals surface area contributed by atoms with Crippen LogP contribution in [0.15, 0.2) is 32.2 Å². The lowest BCUT2D eigenvalue weighted by Crippen LogP contribution is -2.36. The lowest BCUT2D eigenvalue weighted by molar-refractivity contribution is 0.102. The number of nitrogens with two attached hydrogens (primary N) is 1. The molecule has 0 aromatic carbocycles. The minimum absolute atomic E-state index is 0.0852. The zero-order chi connectivity index (χ0) is 24.1. The summed E-state index contributed by atoms with van der Waals surface area (Å²) in [5.41, 5.74) is 5.42. The number of aromatic nitrogens is 4. The van der Waals surface area contributed by atoms with Gasteiger partial charge in [-0.05, 0) is 43.6 Å². The number of thiophene rings is 1. The van der Waals surface area contributed by atoms with Gasteiger partial charge in [-0.25, -0.2) is 9.78 Å². The summed E-state index contributed by atoms with van der Waals surface area (Å²) in [6.45, 7) is 6.22. The summed E-state index contributed by atoms with van der Waals surface area (Å²) in [4.78, 5) is 59.8. The van der Waals surface area contributed by atoms with Crippen molar-refractivity contribution < 1.29 is 4.79 Å². The Hall–Kier alpha value is -2.92. The van der Waals surface area contributed by atoms with Gasteiger partial charge in [0.25, 0.3) is 11.1 Å². The fourth-order valence-electron chi connectivity index (χ4n) is 4.54. The first-order chi connectivity index (χ1) is 16.3. The molecule has 1 saturated carbocycles. The molecule has 5 rings (SSSR count). The number of allylic oxidation sites excluding steroid dienone is 1. The highest BCUT2D eigenvalue weighted by Crippen LogP contribution is 2.37. The second-order valence-corrected chi connectivity index (χ2v) is 11.0. The van der Waals surface area contributed by atoms with Gasteiger partial charge in [0.05, 0.1) is 11.1 Å². The lowest BCUT2D eigenvalue weighted by atomic mass is 9.89. The van der Waals surface area contributed by atoms with Crippen LogP contribution in [0.1, 0.15) is 53.0 Å². The number of nitrogen functional groups attached to an aromatic ring is 1. The maximum Gasteiger partial charge on any atom is 0.330 e. The molecular weight excluding hydrogens is 474 g/mol. The van der Waals surface area contributed by atoms with Crippen LogP contribution >= 0.6 is 23.1 Å². The van der Waals surface area contributed by atoms with Crippen molar-refractivity contribution in [2.75, 3.05) is 11.5 Å². The van der Waals surface area contributed by atoms with E-state index in [1.165, 1.54) is 14.0 Å². The number of carbonyl (C=O) groups is 1. The molecule has 1 fully saturated rings. The third kappa shape index (κ3) is 3.86. The number of nitrogens with zero attached hydrogens (tertiary/aromatic N) is 3. The molecule has 2 aliphatic carbocycles. The molecule has 3 aromatic heterocycles. The van der Waals surface area contributed by atoms with E-state index >= 15 is 0 Å². The predicted molar refractivity (Wildman–Crippen MR) is 134 cm³/mol. The van der Waals surface area contributed by atoms with Crippen LogP contribution in [0.25, 0.3) is 10.2 Å². The van der Waals surface area contributed by atoms with Crippen LogP contribution in [0.2, 0.25) is 0 Å². The summed E-state index contributed by atoms with van der Waals surface area (Å²) in [6.07, 6.45) is 6.03. The Labute approximate surface area is 202 Å². The summed E-state index contributed by atoms with van der Waals surface area (Å²) in [5.74, 6) is -0.191. The number of aromatic amines is 1. The van der Waals surface area contributed by atoms with Crippen molar-refractivity contribution in [2.24, 2.45) is 5.92 Å². The van der Waals surface area contributed by atoms with Crippen LogP contribution < -0.4 is 22.5 Å². The third-order valence-electron chi connectivity index (χ3n) is 6.40. The van der Waals surface area contributed by atoms with Crippen molar-refractivity contribution in [2.45, 2.75) is 56.8 Å². The number of hydrogen-bond acceptors (Lipinski definition) is 8. The molecule has 0 amide bonds. The van der Waals surface area contributed by atoms with E-state index in [4.69, 9.17) is 10.7 Å². The third-order valence-corrected chi connectivity index (χ3v) is 8.52. The van der Waals surface area contributed by atoms with E-state index in [-0.39, 0.29) is 35.3 Å². The quantitative estimate of drug-likeness (QED) is 0.221. The van der Waals surface area contributed by atoms with Crippen molar-refractivity contribution in [3.8, 4) is 0 Å². The van der Waals surface area contributed by atoms with E-state index in [1.54, 1.807) is 17.4 Å². The average Bonchev–Trinajstić information content (AvgIpc) is 3.53. The Kier molecular flexibility index (Phi) is 5.85. The summed E-state index contributed by atoms with van der Waals surface area (Å²) >= 11 is 2.63. The Morgan fingerprint density at radius 3 is 2.79 bits per heavy atom. The minimum atomic E-state index is -0.794. The first-order valence-corrected chi connectivity index (χ1v) is 13.1. The lowest BCUT2D eigenvalue weighted by Gasteiger charge is -2.17. The van der Waals surface area contributed by atoms with Gasteiger partial charge < -0.3 is 5.73 Å². The normalized spacial score (nSPS) is 17.6. The van der Waals surface area contributed by atoms with Gasteiger partial charge in [0.2, 0.25) is 0 Å². The summed E-state index contributed by atoms with van der Waals surface area (Å²) in [5, 5.41) is 1.06. The minimum Gasteiger partial charge on any atom is -0.384 e. The molecule has 178 valence electrons. The van der Waals surface area contributed by atoms with Crippen LogP contribution in [0.5, 0.6) is 0 Å². The molecule has 0 saturated heterocycles. The number of rotatable bonds is 7. The number of nitrogens with one attached hydrogen (secondary N) is 1. The molecular formula is C23H25N5O4S2. The van der Waals surface area contributed by atoms with Gasteiger partial charge in [-0.2, -0.15) is 0 Å².